The predicted molar refractivity (Wildman–Crippen MR) is 354 cm³/mol. The Bertz CT molecular complexity index is 2590. The molecule has 0 aliphatic carbocycles. The number of aliphatic hydroxyl groups excluding tert-OH is 1. The molecule has 0 spiro atoms. The molecule has 5 aromatic heterocycles. The molecule has 464 valence electrons. The molecule has 2 aliphatic rings. The van der Waals surface area contributed by atoms with Gasteiger partial charge < -0.3 is 49.7 Å². The summed E-state index contributed by atoms with van der Waals surface area (Å²) in [5.41, 5.74) is 8.70. The molecule has 0 saturated carbocycles. The van der Waals surface area contributed by atoms with Crippen LogP contribution in [0.1, 0.15) is 156 Å². The minimum atomic E-state index is -1.18. The summed E-state index contributed by atoms with van der Waals surface area (Å²) < 4.78 is 39.7. The number of halogens is 7. The molecule has 7 N–H and O–H groups in total. The van der Waals surface area contributed by atoms with Crippen LogP contribution in [0.2, 0.25) is 0 Å². The van der Waals surface area contributed by atoms with E-state index in [0.29, 0.717) is 44.1 Å². The Kier molecular flexibility index (Phi) is 56.5. The second-order valence-electron chi connectivity index (χ2n) is 18.1. The molecule has 28 heteroatoms. The number of hydrogen-bond acceptors (Lipinski definition) is 14. The van der Waals surface area contributed by atoms with E-state index in [1.807, 2.05) is 79.7 Å². The number of nitrogens with two attached hydrogens (primary N) is 2. The topological polar surface area (TPSA) is 276 Å². The number of nitrogens with one attached hydrogen (secondary N) is 1. The smallest absolute Gasteiger partial charge is 1.00 e. The third kappa shape index (κ3) is 42.6. The molecular weight excluding hydrogens is 1490 g/mol. The first-order valence-corrected chi connectivity index (χ1v) is 31.6. The van der Waals surface area contributed by atoms with Gasteiger partial charge in [0, 0.05) is 99.2 Å². The van der Waals surface area contributed by atoms with Crippen LogP contribution in [0, 0.1) is 6.92 Å². The summed E-state index contributed by atoms with van der Waals surface area (Å²) in [4.78, 5) is 55.1. The van der Waals surface area contributed by atoms with E-state index in [-0.39, 0.29) is 86.8 Å². The number of morpholine rings is 1. The molecule has 2 saturated heterocycles. The Morgan fingerprint density at radius 2 is 1.01 bits per heavy atom. The standard InChI is InChI=1S/C12H19BrN2OS.C10H11BrN2O2.C8H11BrN2.C8H8BrNO.C6H4BrNO2.C4H11NOS.C4H8O.C2H5.CH4O.2ClH.Mg/c1-5-10(15-17(16)12(2,3)4)11-8-9(13)6-7-14-11;11-8-1-2-12-9(7-8)10(14)13-3-5-15-6-4-13;1-2-7(10)8-5-6(9)3-4-11-8;1-2-8(11)7-5-6(9)3-4-10-7;7-4-1-2-8-5(3-4)6(9)10;1-4(2,3)7(5)6;1-2-4-5-3-1;2*1-2;;;/h6-8,10,15H,5H2,1-4H3;1-2,7H,3-6H2;3-5,7H,2,10H2,1H3;3-5H,2H2,1H3;1-3H,(H,9,10);5H2,1-3H3;1-4H2;1H2,2H3;2H,1H3;2*1H;/q;;;;;;;-1;;;;+2/p-1/t10-,17+;;7-;;;7-;;;;;;/m0.0..1....../s1. The van der Waals surface area contributed by atoms with E-state index >= 15 is 0 Å². The van der Waals surface area contributed by atoms with Gasteiger partial charge in [0.2, 0.25) is 0 Å². The molecule has 7 heterocycles. The van der Waals surface area contributed by atoms with Crippen molar-refractivity contribution in [2.75, 3.05) is 46.6 Å². The molecule has 2 fully saturated rings. The van der Waals surface area contributed by atoms with E-state index in [2.05, 4.69) is 123 Å². The fourth-order valence-corrected chi connectivity index (χ4v) is 7.93. The number of Topliss-reactive ketones (excluding diaryl/α,β-unsaturated/α-hetero) is 1. The van der Waals surface area contributed by atoms with Crippen molar-refractivity contribution in [3.8, 4) is 0 Å². The average molecular weight is 1570 g/mol. The van der Waals surface area contributed by atoms with Gasteiger partial charge in [-0.3, -0.25) is 34.7 Å². The number of nitrogens with zero attached hydrogens (tertiary/aromatic N) is 6. The first-order valence-electron chi connectivity index (χ1n) is 25.3. The molecule has 0 bridgehead atoms. The molecule has 0 unspecified atom stereocenters. The minimum Gasteiger partial charge on any atom is -1.00 e. The van der Waals surface area contributed by atoms with Gasteiger partial charge in [-0.2, -0.15) is 6.92 Å². The van der Waals surface area contributed by atoms with Gasteiger partial charge in [-0.15, -0.1) is 12.4 Å². The fraction of sp³-hybridized carbons (Fsp3) is 0.473. The third-order valence-corrected chi connectivity index (χ3v) is 15.1. The zero-order chi connectivity index (χ0) is 61.4. The molecule has 18 nitrogen and oxygen atoms in total. The van der Waals surface area contributed by atoms with Crippen LogP contribution in [-0.4, -0.2) is 145 Å². The van der Waals surface area contributed by atoms with Gasteiger partial charge in [-0.1, -0.05) is 100 Å². The number of pyridine rings is 5. The van der Waals surface area contributed by atoms with Crippen LogP contribution in [-0.2, 0) is 31.4 Å². The quantitative estimate of drug-likeness (QED) is 0.0494. The molecule has 2 aliphatic heterocycles. The van der Waals surface area contributed by atoms with E-state index < -0.39 is 27.9 Å². The Balaban J connectivity index is -0.000000287. The van der Waals surface area contributed by atoms with Crippen molar-refractivity contribution in [1.82, 2.24) is 34.5 Å². The molecule has 0 aromatic carbocycles. The number of carboxylic acids is 1. The monoisotopic (exact) mass is 1570 g/mol. The summed E-state index contributed by atoms with van der Waals surface area (Å²) >= 11 is 16.5. The molecule has 0 radical (unpaired) electrons. The van der Waals surface area contributed by atoms with Crippen LogP contribution in [0.25, 0.3) is 0 Å². The Morgan fingerprint density at radius 3 is 1.35 bits per heavy atom. The summed E-state index contributed by atoms with van der Waals surface area (Å²) in [6.07, 6.45) is 13.0. The summed E-state index contributed by atoms with van der Waals surface area (Å²) in [6, 6.07) is 18.0. The third-order valence-electron chi connectivity index (χ3n) is 9.82. The van der Waals surface area contributed by atoms with Gasteiger partial charge in [-0.25, -0.2) is 22.9 Å². The van der Waals surface area contributed by atoms with Crippen molar-refractivity contribution < 1.29 is 54.9 Å². The van der Waals surface area contributed by atoms with E-state index in [1.165, 1.54) is 25.1 Å². The number of ketones is 1. The Hall–Kier alpha value is -1.83. The average Bonchev–Trinajstić information content (AvgIpc) is 4.04. The number of hydrogen-bond donors (Lipinski definition) is 5. The number of rotatable bonds is 10. The van der Waals surface area contributed by atoms with Crippen LogP contribution >= 0.6 is 92.1 Å². The first-order chi connectivity index (χ1) is 37.7. The second kappa shape index (κ2) is 52.1. The maximum atomic E-state index is 12.1. The van der Waals surface area contributed by atoms with Gasteiger partial charge in [0.1, 0.15) is 17.1 Å². The first kappa shape index (κ1) is 89.9. The zero-order valence-electron chi connectivity index (χ0n) is 49.1. The van der Waals surface area contributed by atoms with E-state index in [4.69, 9.17) is 30.6 Å². The molecule has 5 aromatic rings. The van der Waals surface area contributed by atoms with E-state index in [0.717, 1.165) is 66.9 Å². The van der Waals surface area contributed by atoms with Crippen LogP contribution in [0.15, 0.2) is 114 Å². The normalized spacial score (nSPS) is 13.3. The predicted octanol–water partition coefficient (Wildman–Crippen LogP) is 9.59. The molecular formula is C55H82Br5Cl2MgN9O9S2. The van der Waals surface area contributed by atoms with Crippen LogP contribution in [0.4, 0.5) is 0 Å². The number of carbonyl (C=O) groups is 3. The molecule has 7 rings (SSSR count). The van der Waals surface area contributed by atoms with E-state index in [1.54, 1.807) is 66.9 Å². The van der Waals surface area contributed by atoms with Gasteiger partial charge in [0.25, 0.3) is 5.91 Å². The molecule has 1 amide bonds. The summed E-state index contributed by atoms with van der Waals surface area (Å²) in [6.45, 7) is 26.8. The largest absolute Gasteiger partial charge is 2.00 e. The number of carbonyl (C=O) groups excluding carboxylic acids is 2. The van der Waals surface area contributed by atoms with Crippen molar-refractivity contribution in [3.63, 3.8) is 0 Å². The second-order valence-corrected chi connectivity index (χ2v) is 26.5. The molecule has 83 heavy (non-hydrogen) atoms. The van der Waals surface area contributed by atoms with Crippen LogP contribution in [0.5, 0.6) is 0 Å². The number of carboxylic acid groups (broad SMARTS) is 1. The molecule has 4 atom stereocenters. The van der Waals surface area contributed by atoms with Gasteiger partial charge in [-0.05, 0) is 128 Å². The van der Waals surface area contributed by atoms with Crippen molar-refractivity contribution in [3.05, 3.63) is 149 Å². The summed E-state index contributed by atoms with van der Waals surface area (Å²) in [5.74, 6) is -0.966. The minimum absolute atomic E-state index is 0. The van der Waals surface area contributed by atoms with Crippen molar-refractivity contribution in [2.45, 2.75) is 123 Å². The number of ether oxygens (including phenoxy) is 2. The number of aromatic carboxylic acids is 1. The van der Waals surface area contributed by atoms with Crippen molar-refractivity contribution in [1.29, 1.82) is 0 Å². The van der Waals surface area contributed by atoms with E-state index in [9.17, 15) is 22.8 Å². The van der Waals surface area contributed by atoms with Gasteiger partial charge in [0.15, 0.2) is 5.78 Å². The van der Waals surface area contributed by atoms with Gasteiger partial charge in [0.05, 0.1) is 62.1 Å². The summed E-state index contributed by atoms with van der Waals surface area (Å²) in [5, 5.41) is 20.5. The number of aromatic nitrogens is 5. The van der Waals surface area contributed by atoms with Gasteiger partial charge >= 0.3 is 29.0 Å². The van der Waals surface area contributed by atoms with Crippen molar-refractivity contribution >= 4 is 155 Å². The maximum Gasteiger partial charge on any atom is 2.00 e. The Labute approximate surface area is 568 Å². The summed E-state index contributed by atoms with van der Waals surface area (Å²) in [7, 11) is -1.26. The fourth-order valence-electron chi connectivity index (χ4n) is 5.32. The van der Waals surface area contributed by atoms with Crippen LogP contribution in [0.3, 0.4) is 0 Å². The zero-order valence-corrected chi connectivity index (χ0v) is 61.6. The van der Waals surface area contributed by atoms with Crippen LogP contribution < -0.4 is 28.0 Å². The number of aliphatic hydroxyl groups is 1. The maximum absolute atomic E-state index is 12.1. The number of amides is 1. The SMILES string of the molecule is C1CCOC1.CC(C)(C)[S@](N)=O.CCC(=O)c1cc(Br)ccn1.CC[C@H](N)c1cc(Br)ccn1.CC[C@H](N[S@](=O)C(C)(C)C)c1cc(Br)ccn1.CO.Cl.O=C(O)c1cc(Br)ccn1.O=C(c1cc(Br)ccn1)N1CCOCC1.[CH2-]C.[Cl-].[Mg+2]. The Morgan fingerprint density at radius 1 is 0.651 bits per heavy atom. The van der Waals surface area contributed by atoms with Crippen molar-refractivity contribution in [2.24, 2.45) is 10.9 Å².